The number of hydroxylamine groups is 1. The molecule has 1 atom stereocenters. The molecule has 2 aromatic rings. The Labute approximate surface area is 197 Å². The minimum atomic E-state index is -1.29. The molecule has 2 aliphatic heterocycles. The Morgan fingerprint density at radius 3 is 2.12 bits per heavy atom. The highest BCUT2D eigenvalue weighted by Gasteiger charge is 2.31. The number of carbonyl (C=O) groups excluding carboxylic acids is 1. The standard InChI is InChI=1S/C25H30N4O3S/c30-25(26-31)21-11-13-29(14-12-21)33(32)24-9-3-20(4-10-24)19-1-5-22(6-2-19)27-15-17-28(18-16-27)23-7-8-23/h1-6,9-11,23,31H,7-8,12-18H2,(H,26,30). The molecule has 2 N–H and O–H groups in total. The van der Waals surface area contributed by atoms with Crippen molar-refractivity contribution in [2.45, 2.75) is 30.2 Å². The zero-order chi connectivity index (χ0) is 22.8. The second-order valence-electron chi connectivity index (χ2n) is 8.88. The van der Waals surface area contributed by atoms with Gasteiger partial charge in [0.2, 0.25) is 0 Å². The lowest BCUT2D eigenvalue weighted by Crippen LogP contribution is -2.47. The molecule has 5 rings (SSSR count). The summed E-state index contributed by atoms with van der Waals surface area (Å²) in [5.74, 6) is -0.490. The van der Waals surface area contributed by atoms with Crippen molar-refractivity contribution in [1.29, 1.82) is 0 Å². The normalized spacial score (nSPS) is 20.9. The van der Waals surface area contributed by atoms with E-state index in [1.165, 1.54) is 18.5 Å². The van der Waals surface area contributed by atoms with Crippen LogP contribution >= 0.6 is 0 Å². The minimum Gasteiger partial charge on any atom is -0.593 e. The number of nitrogens with one attached hydrogen (secondary N) is 1. The molecule has 1 aliphatic carbocycles. The molecular formula is C25H30N4O3S. The van der Waals surface area contributed by atoms with Crippen LogP contribution in [0.15, 0.2) is 65.1 Å². The summed E-state index contributed by atoms with van der Waals surface area (Å²) in [4.78, 5) is 17.3. The fourth-order valence-corrected chi connectivity index (χ4v) is 5.78. The average molecular weight is 467 g/mol. The number of anilines is 1. The Hall–Kier alpha value is -2.36. The molecule has 8 heteroatoms. The van der Waals surface area contributed by atoms with Crippen molar-refractivity contribution in [1.82, 2.24) is 14.7 Å². The van der Waals surface area contributed by atoms with Crippen molar-refractivity contribution in [3.05, 3.63) is 60.2 Å². The van der Waals surface area contributed by atoms with E-state index in [0.717, 1.165) is 48.2 Å². The van der Waals surface area contributed by atoms with Crippen LogP contribution in [0.1, 0.15) is 19.3 Å². The predicted molar refractivity (Wildman–Crippen MR) is 129 cm³/mol. The maximum atomic E-state index is 12.9. The number of hydrogen-bond acceptors (Lipinski definition) is 6. The molecule has 1 saturated heterocycles. The summed E-state index contributed by atoms with van der Waals surface area (Å²) in [5, 5.41) is 8.75. The first kappa shape index (κ1) is 22.4. The summed E-state index contributed by atoms with van der Waals surface area (Å²) in [6, 6.07) is 17.4. The molecule has 1 unspecified atom stereocenters. The molecule has 1 amide bonds. The van der Waals surface area contributed by atoms with Gasteiger partial charge in [0.15, 0.2) is 4.90 Å². The number of piperazine rings is 1. The van der Waals surface area contributed by atoms with Gasteiger partial charge in [-0.3, -0.25) is 14.9 Å². The van der Waals surface area contributed by atoms with E-state index in [1.54, 1.807) is 11.6 Å². The lowest BCUT2D eigenvalue weighted by molar-refractivity contribution is -0.125. The van der Waals surface area contributed by atoms with Crippen molar-refractivity contribution < 1.29 is 14.6 Å². The number of carbonyl (C=O) groups is 1. The highest BCUT2D eigenvalue weighted by molar-refractivity contribution is 7.89. The third-order valence-electron chi connectivity index (χ3n) is 6.80. The predicted octanol–water partition coefficient (Wildman–Crippen LogP) is 2.80. The number of nitrogens with zero attached hydrogens (tertiary/aromatic N) is 3. The van der Waals surface area contributed by atoms with Gasteiger partial charge in [0.05, 0.1) is 17.9 Å². The highest BCUT2D eigenvalue weighted by atomic mass is 32.2. The summed E-state index contributed by atoms with van der Waals surface area (Å²) in [6.45, 7) is 5.42. The second-order valence-corrected chi connectivity index (χ2v) is 10.4. The first-order chi connectivity index (χ1) is 16.1. The molecule has 2 fully saturated rings. The smallest absolute Gasteiger partial charge is 0.270 e. The van der Waals surface area contributed by atoms with E-state index in [4.69, 9.17) is 5.21 Å². The number of rotatable bonds is 6. The third-order valence-corrected chi connectivity index (χ3v) is 8.27. The van der Waals surface area contributed by atoms with Crippen LogP contribution in [0.2, 0.25) is 0 Å². The summed E-state index contributed by atoms with van der Waals surface area (Å²) < 4.78 is 14.8. The van der Waals surface area contributed by atoms with Crippen LogP contribution in [0.4, 0.5) is 5.69 Å². The van der Waals surface area contributed by atoms with E-state index in [2.05, 4.69) is 34.1 Å². The summed E-state index contributed by atoms with van der Waals surface area (Å²) in [7, 11) is 0. The van der Waals surface area contributed by atoms with Gasteiger partial charge >= 0.3 is 0 Å². The first-order valence-corrected chi connectivity index (χ1v) is 12.7. The molecule has 1 saturated carbocycles. The molecule has 2 heterocycles. The second kappa shape index (κ2) is 9.87. The van der Waals surface area contributed by atoms with E-state index < -0.39 is 17.3 Å². The largest absolute Gasteiger partial charge is 0.593 e. The molecule has 0 bridgehead atoms. The van der Waals surface area contributed by atoms with Gasteiger partial charge in [-0.05, 0) is 66.8 Å². The van der Waals surface area contributed by atoms with Gasteiger partial charge in [-0.1, -0.05) is 18.2 Å². The lowest BCUT2D eigenvalue weighted by atomic mass is 10.1. The Bertz CT molecular complexity index is 999. The van der Waals surface area contributed by atoms with E-state index in [9.17, 15) is 9.35 Å². The molecule has 0 aromatic heterocycles. The van der Waals surface area contributed by atoms with Gasteiger partial charge in [-0.25, -0.2) is 5.48 Å². The van der Waals surface area contributed by atoms with Gasteiger partial charge in [0.25, 0.3) is 5.91 Å². The molecule has 2 aromatic carbocycles. The van der Waals surface area contributed by atoms with Crippen LogP contribution in [0.3, 0.4) is 0 Å². The van der Waals surface area contributed by atoms with Crippen molar-refractivity contribution in [2.24, 2.45) is 0 Å². The van der Waals surface area contributed by atoms with Crippen molar-refractivity contribution >= 4 is 23.0 Å². The molecule has 3 aliphatic rings. The topological polar surface area (TPSA) is 82.1 Å². The minimum absolute atomic E-state index is 0.410. The molecule has 0 spiro atoms. The van der Waals surface area contributed by atoms with Gasteiger partial charge in [0, 0.05) is 50.0 Å². The molecule has 0 radical (unpaired) electrons. The van der Waals surface area contributed by atoms with Gasteiger partial charge in [-0.2, -0.15) is 0 Å². The highest BCUT2D eigenvalue weighted by Crippen LogP contribution is 2.30. The Kier molecular flexibility index (Phi) is 6.71. The molecule has 174 valence electrons. The van der Waals surface area contributed by atoms with Crippen LogP contribution in [0.5, 0.6) is 0 Å². The van der Waals surface area contributed by atoms with Crippen LogP contribution in [0.25, 0.3) is 11.1 Å². The Balaban J connectivity index is 1.19. The summed E-state index contributed by atoms with van der Waals surface area (Å²) >= 11 is -1.29. The van der Waals surface area contributed by atoms with Crippen LogP contribution in [-0.4, -0.2) is 70.2 Å². The fourth-order valence-electron chi connectivity index (χ4n) is 4.64. The molecule has 7 nitrogen and oxygen atoms in total. The first-order valence-electron chi connectivity index (χ1n) is 11.6. The lowest BCUT2D eigenvalue weighted by Gasteiger charge is -2.36. The maximum Gasteiger partial charge on any atom is 0.270 e. The van der Waals surface area contributed by atoms with E-state index >= 15 is 0 Å². The summed E-state index contributed by atoms with van der Waals surface area (Å²) in [6.07, 6.45) is 4.92. The van der Waals surface area contributed by atoms with Crippen molar-refractivity contribution in [3.8, 4) is 11.1 Å². The zero-order valence-corrected chi connectivity index (χ0v) is 19.5. The quantitative estimate of drug-likeness (QED) is 0.387. The number of benzene rings is 2. The van der Waals surface area contributed by atoms with E-state index in [-0.39, 0.29) is 0 Å². The SMILES string of the molecule is O=C(NO)C1=CCN([S+]([O-])c2ccc(-c3ccc(N4CCN(C5CC5)CC4)cc3)cc2)CC1. The van der Waals surface area contributed by atoms with E-state index in [1.807, 2.05) is 28.6 Å². The van der Waals surface area contributed by atoms with Crippen LogP contribution < -0.4 is 10.4 Å². The molecular weight excluding hydrogens is 436 g/mol. The third kappa shape index (κ3) is 5.10. The van der Waals surface area contributed by atoms with Gasteiger partial charge < -0.3 is 9.45 Å². The van der Waals surface area contributed by atoms with Crippen molar-refractivity contribution in [2.75, 3.05) is 44.2 Å². The average Bonchev–Trinajstić information content (AvgIpc) is 3.74. The van der Waals surface area contributed by atoms with E-state index in [0.29, 0.717) is 25.1 Å². The molecule has 33 heavy (non-hydrogen) atoms. The maximum absolute atomic E-state index is 12.9. The van der Waals surface area contributed by atoms with Gasteiger partial charge in [0.1, 0.15) is 0 Å². The van der Waals surface area contributed by atoms with Crippen molar-refractivity contribution in [3.63, 3.8) is 0 Å². The Morgan fingerprint density at radius 1 is 0.939 bits per heavy atom. The number of amides is 1. The van der Waals surface area contributed by atoms with Gasteiger partial charge in [-0.15, -0.1) is 4.31 Å². The van der Waals surface area contributed by atoms with Crippen LogP contribution in [-0.2, 0) is 16.2 Å². The van der Waals surface area contributed by atoms with Crippen LogP contribution in [0, 0.1) is 0 Å². The summed E-state index contributed by atoms with van der Waals surface area (Å²) in [5.41, 5.74) is 5.70. The Morgan fingerprint density at radius 2 is 1.58 bits per heavy atom. The monoisotopic (exact) mass is 466 g/mol. The number of hydrogen-bond donors (Lipinski definition) is 2. The zero-order valence-electron chi connectivity index (χ0n) is 18.7. The fraction of sp³-hybridized carbons (Fsp3) is 0.400.